The van der Waals surface area contributed by atoms with E-state index in [-0.39, 0.29) is 24.4 Å². The minimum atomic E-state index is -0.0925. The van der Waals surface area contributed by atoms with Crippen molar-refractivity contribution in [2.75, 3.05) is 13.1 Å². The van der Waals surface area contributed by atoms with Gasteiger partial charge in [0.05, 0.1) is 23.2 Å². The second kappa shape index (κ2) is 5.50. The largest absolute Gasteiger partial charge is 0.340 e. The molecule has 0 spiro atoms. The van der Waals surface area contributed by atoms with Gasteiger partial charge in [0.15, 0.2) is 0 Å². The van der Waals surface area contributed by atoms with E-state index in [0.717, 1.165) is 5.69 Å². The minimum absolute atomic E-state index is 0.0105. The van der Waals surface area contributed by atoms with Gasteiger partial charge in [-0.05, 0) is 0 Å². The number of amides is 1. The molecule has 2 N–H and O–H groups in total. The Morgan fingerprint density at radius 3 is 2.90 bits per heavy atom. The van der Waals surface area contributed by atoms with E-state index in [9.17, 15) is 4.79 Å². The summed E-state index contributed by atoms with van der Waals surface area (Å²) >= 11 is 5.79. The first kappa shape index (κ1) is 14.1. The molecule has 2 aromatic rings. The number of halogens is 1. The zero-order valence-corrected chi connectivity index (χ0v) is 12.4. The second-order valence-corrected chi connectivity index (χ2v) is 5.83. The van der Waals surface area contributed by atoms with Gasteiger partial charge in [-0.15, -0.1) is 0 Å². The maximum Gasteiger partial charge on any atom is 0.244 e. The smallest absolute Gasteiger partial charge is 0.244 e. The standard InChI is InChI=1S/C13H17ClN6O/c1-18-6-12(16-8-18)10-4-19(5-11(10)15)13(21)7-20-3-9(14)2-17-20/h2-3,6,8,10-11H,4-5,7,15H2,1H3/t10-,11-/m1/s1. The van der Waals surface area contributed by atoms with Crippen LogP contribution in [0.2, 0.25) is 5.02 Å². The fourth-order valence-electron chi connectivity index (χ4n) is 2.63. The fourth-order valence-corrected chi connectivity index (χ4v) is 2.79. The quantitative estimate of drug-likeness (QED) is 0.879. The summed E-state index contributed by atoms with van der Waals surface area (Å²) in [5.41, 5.74) is 7.09. The molecule has 1 aliphatic rings. The van der Waals surface area contributed by atoms with Gasteiger partial charge in [0.2, 0.25) is 5.91 Å². The number of carbonyl (C=O) groups excluding carboxylic acids is 1. The molecule has 3 heterocycles. The molecule has 1 amide bonds. The first-order chi connectivity index (χ1) is 10.0. The number of likely N-dealkylation sites (tertiary alicyclic amines) is 1. The summed E-state index contributed by atoms with van der Waals surface area (Å²) < 4.78 is 3.42. The number of nitrogens with zero attached hydrogens (tertiary/aromatic N) is 5. The Bertz CT molecular complexity index is 651. The maximum atomic E-state index is 12.3. The summed E-state index contributed by atoms with van der Waals surface area (Å²) in [5, 5.41) is 4.54. The van der Waals surface area contributed by atoms with E-state index in [1.807, 2.05) is 17.8 Å². The maximum absolute atomic E-state index is 12.3. The predicted molar refractivity (Wildman–Crippen MR) is 77.7 cm³/mol. The normalized spacial score (nSPS) is 22.0. The van der Waals surface area contributed by atoms with Crippen molar-refractivity contribution in [1.29, 1.82) is 0 Å². The van der Waals surface area contributed by atoms with E-state index in [4.69, 9.17) is 17.3 Å². The number of aromatic nitrogens is 4. The van der Waals surface area contributed by atoms with Crippen molar-refractivity contribution < 1.29 is 4.79 Å². The fraction of sp³-hybridized carbons (Fsp3) is 0.462. The van der Waals surface area contributed by atoms with Crippen molar-refractivity contribution >= 4 is 17.5 Å². The van der Waals surface area contributed by atoms with E-state index in [1.165, 1.54) is 10.9 Å². The van der Waals surface area contributed by atoms with Gasteiger partial charge in [-0.3, -0.25) is 9.48 Å². The third-order valence-corrected chi connectivity index (χ3v) is 3.92. The molecule has 1 saturated heterocycles. The molecule has 21 heavy (non-hydrogen) atoms. The number of nitrogens with two attached hydrogens (primary N) is 1. The number of hydrogen-bond donors (Lipinski definition) is 1. The van der Waals surface area contributed by atoms with Gasteiger partial charge in [0.1, 0.15) is 6.54 Å². The van der Waals surface area contributed by atoms with Crippen molar-refractivity contribution in [1.82, 2.24) is 24.2 Å². The van der Waals surface area contributed by atoms with Crippen molar-refractivity contribution in [2.45, 2.75) is 18.5 Å². The molecule has 2 atom stereocenters. The van der Waals surface area contributed by atoms with Gasteiger partial charge in [-0.1, -0.05) is 11.6 Å². The Kier molecular flexibility index (Phi) is 3.69. The molecule has 3 rings (SSSR count). The Labute approximate surface area is 127 Å². The van der Waals surface area contributed by atoms with E-state index in [0.29, 0.717) is 18.1 Å². The number of carbonyl (C=O) groups is 1. The molecule has 7 nitrogen and oxygen atoms in total. The molecule has 0 unspecified atom stereocenters. The van der Waals surface area contributed by atoms with E-state index in [2.05, 4.69) is 10.1 Å². The topological polar surface area (TPSA) is 82.0 Å². The van der Waals surface area contributed by atoms with Crippen LogP contribution in [0.15, 0.2) is 24.9 Å². The lowest BCUT2D eigenvalue weighted by Gasteiger charge is -2.15. The van der Waals surface area contributed by atoms with Crippen LogP contribution in [-0.2, 0) is 18.4 Å². The summed E-state index contributed by atoms with van der Waals surface area (Å²) in [6.07, 6.45) is 6.84. The molecule has 0 radical (unpaired) electrons. The van der Waals surface area contributed by atoms with Gasteiger partial charge in [0, 0.05) is 44.5 Å². The first-order valence-electron chi connectivity index (χ1n) is 6.72. The van der Waals surface area contributed by atoms with Crippen LogP contribution in [0.1, 0.15) is 11.6 Å². The average Bonchev–Trinajstić information content (AvgIpc) is 3.11. The highest BCUT2D eigenvalue weighted by atomic mass is 35.5. The molecular formula is C13H17ClN6O. The van der Waals surface area contributed by atoms with Crippen molar-refractivity contribution in [3.05, 3.63) is 35.6 Å². The molecule has 0 bridgehead atoms. The molecule has 2 aromatic heterocycles. The molecule has 0 aromatic carbocycles. The summed E-state index contributed by atoms with van der Waals surface area (Å²) in [5.74, 6) is 0.0695. The number of hydrogen-bond acceptors (Lipinski definition) is 4. The van der Waals surface area contributed by atoms with Crippen molar-refractivity contribution in [3.63, 3.8) is 0 Å². The minimum Gasteiger partial charge on any atom is -0.340 e. The Hall–Kier alpha value is -1.86. The molecule has 0 aliphatic carbocycles. The zero-order chi connectivity index (χ0) is 15.0. The third kappa shape index (κ3) is 2.93. The first-order valence-corrected chi connectivity index (χ1v) is 7.10. The van der Waals surface area contributed by atoms with Crippen LogP contribution in [0, 0.1) is 0 Å². The van der Waals surface area contributed by atoms with Gasteiger partial charge >= 0.3 is 0 Å². The SMILES string of the molecule is Cn1cnc([C@@H]2CN(C(=O)Cn3cc(Cl)cn3)C[C@H]2N)c1. The molecule has 0 saturated carbocycles. The van der Waals surface area contributed by atoms with Crippen LogP contribution >= 0.6 is 11.6 Å². The number of imidazole rings is 1. The lowest BCUT2D eigenvalue weighted by Crippen LogP contribution is -2.34. The number of rotatable bonds is 3. The van der Waals surface area contributed by atoms with Crippen LogP contribution in [0.5, 0.6) is 0 Å². The van der Waals surface area contributed by atoms with Crippen molar-refractivity contribution in [3.8, 4) is 0 Å². The highest BCUT2D eigenvalue weighted by Gasteiger charge is 2.35. The molecular weight excluding hydrogens is 292 g/mol. The van der Waals surface area contributed by atoms with Crippen LogP contribution in [-0.4, -0.2) is 49.3 Å². The van der Waals surface area contributed by atoms with E-state index < -0.39 is 0 Å². The van der Waals surface area contributed by atoms with E-state index in [1.54, 1.807) is 17.4 Å². The summed E-state index contributed by atoms with van der Waals surface area (Å²) in [6.45, 7) is 1.30. The lowest BCUT2D eigenvalue weighted by atomic mass is 10.0. The van der Waals surface area contributed by atoms with Gasteiger partial charge in [-0.25, -0.2) is 4.98 Å². The van der Waals surface area contributed by atoms with Crippen LogP contribution in [0.4, 0.5) is 0 Å². The van der Waals surface area contributed by atoms with E-state index >= 15 is 0 Å². The van der Waals surface area contributed by atoms with Crippen LogP contribution < -0.4 is 5.73 Å². The predicted octanol–water partition coefficient (Wildman–Crippen LogP) is 0.223. The van der Waals surface area contributed by atoms with Crippen LogP contribution in [0.25, 0.3) is 0 Å². The second-order valence-electron chi connectivity index (χ2n) is 5.39. The lowest BCUT2D eigenvalue weighted by molar-refractivity contribution is -0.131. The molecule has 8 heteroatoms. The molecule has 112 valence electrons. The highest BCUT2D eigenvalue weighted by molar-refractivity contribution is 6.30. The van der Waals surface area contributed by atoms with Crippen molar-refractivity contribution in [2.24, 2.45) is 12.8 Å². The van der Waals surface area contributed by atoms with Gasteiger partial charge in [0.25, 0.3) is 0 Å². The summed E-state index contributed by atoms with van der Waals surface area (Å²) in [7, 11) is 1.92. The van der Waals surface area contributed by atoms with Gasteiger partial charge in [-0.2, -0.15) is 5.10 Å². The Morgan fingerprint density at radius 1 is 1.48 bits per heavy atom. The number of aryl methyl sites for hydroxylation is 1. The zero-order valence-electron chi connectivity index (χ0n) is 11.7. The highest BCUT2D eigenvalue weighted by Crippen LogP contribution is 2.25. The average molecular weight is 309 g/mol. The Balaban J connectivity index is 1.66. The summed E-state index contributed by atoms with van der Waals surface area (Å²) in [6, 6.07) is -0.0925. The molecule has 1 aliphatic heterocycles. The van der Waals surface area contributed by atoms with Gasteiger partial charge < -0.3 is 15.2 Å². The molecule has 1 fully saturated rings. The van der Waals surface area contributed by atoms with Crippen LogP contribution in [0.3, 0.4) is 0 Å². The monoisotopic (exact) mass is 308 g/mol. The summed E-state index contributed by atoms with van der Waals surface area (Å²) in [4.78, 5) is 18.4. The third-order valence-electron chi connectivity index (χ3n) is 3.72. The Morgan fingerprint density at radius 2 is 2.29 bits per heavy atom.